The topological polar surface area (TPSA) is 29.4 Å². The summed E-state index contributed by atoms with van der Waals surface area (Å²) in [7, 11) is 0. The number of aliphatic imine (C=N–C) groups is 1. The first kappa shape index (κ1) is 8.38. The predicted molar refractivity (Wildman–Crippen MR) is 36.8 cm³/mol. The highest BCUT2D eigenvalue weighted by molar-refractivity contribution is 5.33. The van der Waals surface area contributed by atoms with E-state index in [0.717, 1.165) is 12.8 Å². The maximum atomic E-state index is 9.68. The smallest absolute Gasteiger partial charge is 0.211 e. The maximum Gasteiger partial charge on any atom is 0.235 e. The van der Waals surface area contributed by atoms with Crippen LogP contribution in [0.15, 0.2) is 4.99 Å². The summed E-state index contributed by atoms with van der Waals surface area (Å²) in [5.74, 6) is 0. The second-order valence-corrected chi connectivity index (χ2v) is 2.06. The second-order valence-electron chi connectivity index (χ2n) is 2.06. The molecule has 0 aliphatic heterocycles. The van der Waals surface area contributed by atoms with Gasteiger partial charge in [-0.05, 0) is 26.2 Å². The molecule has 1 radical (unpaired) electrons. The molecule has 0 aliphatic carbocycles. The highest BCUT2D eigenvalue weighted by Gasteiger charge is 1.95. The molecular weight excluding hydrogens is 114 g/mol. The number of hydrogen-bond acceptors (Lipinski definition) is 2. The van der Waals surface area contributed by atoms with Crippen LogP contribution in [0, 0.1) is 6.42 Å². The van der Waals surface area contributed by atoms with Gasteiger partial charge in [0.1, 0.15) is 0 Å². The lowest BCUT2D eigenvalue weighted by Gasteiger charge is -1.98. The summed E-state index contributed by atoms with van der Waals surface area (Å²) in [5, 5.41) is 0. The van der Waals surface area contributed by atoms with Gasteiger partial charge in [0.2, 0.25) is 6.08 Å². The molecule has 0 saturated carbocycles. The first-order chi connectivity index (χ1) is 4.31. The molecule has 1 unspecified atom stereocenters. The maximum absolute atomic E-state index is 9.68. The Morgan fingerprint density at radius 1 is 1.78 bits per heavy atom. The highest BCUT2D eigenvalue weighted by Crippen LogP contribution is 2.00. The number of unbranched alkanes of at least 4 members (excludes halogenated alkanes) is 1. The Kier molecular flexibility index (Phi) is 5.14. The Bertz CT molecular complexity index is 105. The summed E-state index contributed by atoms with van der Waals surface area (Å²) >= 11 is 0. The Labute approximate surface area is 56.0 Å². The number of hydrogen-bond donors (Lipinski definition) is 0. The van der Waals surface area contributed by atoms with Crippen molar-refractivity contribution in [2.45, 2.75) is 32.7 Å². The van der Waals surface area contributed by atoms with Crippen molar-refractivity contribution in [1.82, 2.24) is 0 Å². The van der Waals surface area contributed by atoms with Gasteiger partial charge in [0.15, 0.2) is 0 Å². The zero-order valence-electron chi connectivity index (χ0n) is 5.92. The van der Waals surface area contributed by atoms with E-state index in [0.29, 0.717) is 0 Å². The van der Waals surface area contributed by atoms with Gasteiger partial charge in [0.25, 0.3) is 0 Å². The molecule has 9 heavy (non-hydrogen) atoms. The zero-order chi connectivity index (χ0) is 7.11. The molecule has 0 saturated heterocycles. The van der Waals surface area contributed by atoms with Crippen molar-refractivity contribution in [2.75, 3.05) is 0 Å². The summed E-state index contributed by atoms with van der Waals surface area (Å²) in [6, 6.07) is 0.138. The van der Waals surface area contributed by atoms with Crippen molar-refractivity contribution in [3.63, 3.8) is 0 Å². The number of isocyanates is 1. The summed E-state index contributed by atoms with van der Waals surface area (Å²) in [5.41, 5.74) is 0. The van der Waals surface area contributed by atoms with Crippen molar-refractivity contribution in [2.24, 2.45) is 4.99 Å². The van der Waals surface area contributed by atoms with Crippen molar-refractivity contribution >= 4 is 6.08 Å². The summed E-state index contributed by atoms with van der Waals surface area (Å²) in [6.45, 7) is 3.91. The standard InChI is InChI=1S/C7H12NO/c1-3-4-5-7(2)8-6-9/h3,7H,4-5H2,1-2H3. The summed E-state index contributed by atoms with van der Waals surface area (Å²) < 4.78 is 0. The molecule has 0 spiro atoms. The van der Waals surface area contributed by atoms with Crippen LogP contribution in [0.1, 0.15) is 26.7 Å². The fourth-order valence-corrected chi connectivity index (χ4v) is 0.562. The molecule has 0 N–H and O–H groups in total. The Morgan fingerprint density at radius 2 is 2.44 bits per heavy atom. The predicted octanol–water partition coefficient (Wildman–Crippen LogP) is 1.72. The lowest BCUT2D eigenvalue weighted by molar-refractivity contribution is 0.554. The van der Waals surface area contributed by atoms with Crippen LogP contribution in [0.3, 0.4) is 0 Å². The van der Waals surface area contributed by atoms with Crippen LogP contribution in [0.25, 0.3) is 0 Å². The van der Waals surface area contributed by atoms with Crippen molar-refractivity contribution in [3.05, 3.63) is 6.42 Å². The first-order valence-electron chi connectivity index (χ1n) is 3.16. The van der Waals surface area contributed by atoms with Gasteiger partial charge in [0.05, 0.1) is 6.04 Å². The average Bonchev–Trinajstić information content (AvgIpc) is 1.85. The highest BCUT2D eigenvalue weighted by atomic mass is 16.1. The van der Waals surface area contributed by atoms with E-state index in [1.807, 2.05) is 13.8 Å². The van der Waals surface area contributed by atoms with Gasteiger partial charge in [-0.2, -0.15) is 0 Å². The minimum Gasteiger partial charge on any atom is -0.211 e. The van der Waals surface area contributed by atoms with E-state index in [-0.39, 0.29) is 6.04 Å². The van der Waals surface area contributed by atoms with E-state index in [9.17, 15) is 4.79 Å². The van der Waals surface area contributed by atoms with Crippen LogP contribution in [0.2, 0.25) is 0 Å². The number of nitrogens with zero attached hydrogens (tertiary/aromatic N) is 1. The molecule has 0 amide bonds. The van der Waals surface area contributed by atoms with Crippen LogP contribution >= 0.6 is 0 Å². The van der Waals surface area contributed by atoms with E-state index < -0.39 is 0 Å². The minimum absolute atomic E-state index is 0.138. The van der Waals surface area contributed by atoms with Gasteiger partial charge < -0.3 is 0 Å². The lowest BCUT2D eigenvalue weighted by atomic mass is 10.2. The molecule has 51 valence electrons. The third-order valence-electron chi connectivity index (χ3n) is 1.15. The largest absolute Gasteiger partial charge is 0.235 e. The molecule has 0 rings (SSSR count). The van der Waals surface area contributed by atoms with E-state index >= 15 is 0 Å². The van der Waals surface area contributed by atoms with Gasteiger partial charge in [0, 0.05) is 0 Å². The Hall–Kier alpha value is -0.620. The van der Waals surface area contributed by atoms with Crippen LogP contribution in [-0.2, 0) is 4.79 Å². The van der Waals surface area contributed by atoms with Crippen molar-refractivity contribution in [1.29, 1.82) is 0 Å². The van der Waals surface area contributed by atoms with Gasteiger partial charge in [-0.25, -0.2) is 9.79 Å². The average molecular weight is 126 g/mol. The van der Waals surface area contributed by atoms with Crippen LogP contribution in [0.5, 0.6) is 0 Å². The van der Waals surface area contributed by atoms with Crippen LogP contribution in [0.4, 0.5) is 0 Å². The molecule has 1 atom stereocenters. The molecule has 0 heterocycles. The van der Waals surface area contributed by atoms with Gasteiger partial charge in [-0.1, -0.05) is 6.92 Å². The third kappa shape index (κ3) is 5.25. The zero-order valence-corrected chi connectivity index (χ0v) is 5.92. The Balaban J connectivity index is 3.26. The van der Waals surface area contributed by atoms with Gasteiger partial charge in [-0.3, -0.25) is 0 Å². The van der Waals surface area contributed by atoms with E-state index in [4.69, 9.17) is 0 Å². The second kappa shape index (κ2) is 5.52. The lowest BCUT2D eigenvalue weighted by Crippen LogP contribution is -1.95. The monoisotopic (exact) mass is 126 g/mol. The quantitative estimate of drug-likeness (QED) is 0.416. The van der Waals surface area contributed by atoms with E-state index in [1.165, 1.54) is 6.08 Å². The first-order valence-corrected chi connectivity index (χ1v) is 3.16. The molecule has 0 aromatic carbocycles. The van der Waals surface area contributed by atoms with Crippen LogP contribution < -0.4 is 0 Å². The molecular formula is C7H12NO. The van der Waals surface area contributed by atoms with E-state index in [2.05, 4.69) is 11.4 Å². The number of carbonyl (C=O) groups excluding carboxylic acids is 1. The van der Waals surface area contributed by atoms with Crippen LogP contribution in [-0.4, -0.2) is 12.1 Å². The SMILES string of the molecule is C[CH]CCC(C)N=C=O. The van der Waals surface area contributed by atoms with E-state index in [1.54, 1.807) is 0 Å². The summed E-state index contributed by atoms with van der Waals surface area (Å²) in [4.78, 5) is 13.2. The van der Waals surface area contributed by atoms with Gasteiger partial charge >= 0.3 is 0 Å². The molecule has 2 heteroatoms. The molecule has 0 aliphatic rings. The molecule has 0 aromatic rings. The Morgan fingerprint density at radius 3 is 2.89 bits per heavy atom. The molecule has 0 aromatic heterocycles. The fourth-order valence-electron chi connectivity index (χ4n) is 0.562. The van der Waals surface area contributed by atoms with Gasteiger partial charge in [-0.15, -0.1) is 0 Å². The minimum atomic E-state index is 0.138. The molecule has 0 fully saturated rings. The number of rotatable bonds is 4. The summed E-state index contributed by atoms with van der Waals surface area (Å²) in [6.07, 6.45) is 5.57. The third-order valence-corrected chi connectivity index (χ3v) is 1.15. The van der Waals surface area contributed by atoms with Crippen molar-refractivity contribution < 1.29 is 4.79 Å². The molecule has 0 bridgehead atoms. The van der Waals surface area contributed by atoms with Crippen molar-refractivity contribution in [3.8, 4) is 0 Å². The molecule has 2 nitrogen and oxygen atoms in total. The fraction of sp³-hybridized carbons (Fsp3) is 0.714. The normalized spacial score (nSPS) is 12.2.